The van der Waals surface area contributed by atoms with Gasteiger partial charge in [-0.2, -0.15) is 0 Å². The average molecular weight is 147 g/mol. The van der Waals surface area contributed by atoms with Crippen molar-refractivity contribution in [1.29, 1.82) is 0 Å². The van der Waals surface area contributed by atoms with E-state index >= 15 is 0 Å². The van der Waals surface area contributed by atoms with Crippen molar-refractivity contribution in [3.8, 4) is 0 Å². The van der Waals surface area contributed by atoms with E-state index in [-0.39, 0.29) is 19.4 Å². The highest BCUT2D eigenvalue weighted by Crippen LogP contribution is 1.88. The third kappa shape index (κ3) is 5.56. The Hall–Kier alpha value is -0.570. The first-order chi connectivity index (χ1) is 4.04. The van der Waals surface area contributed by atoms with Gasteiger partial charge in [0.25, 0.3) is 0 Å². The van der Waals surface area contributed by atoms with Crippen molar-refractivity contribution in [2.45, 2.75) is 40.3 Å². The molecule has 0 aromatic carbocycles. The van der Waals surface area contributed by atoms with Crippen LogP contribution in [0.1, 0.15) is 28.2 Å². The summed E-state index contributed by atoms with van der Waals surface area (Å²) in [6, 6.07) is -0.150. The second-order valence-electron chi connectivity index (χ2n) is 2.23. The molecule has 0 radical (unpaired) electrons. The second kappa shape index (κ2) is 5.23. The molecule has 0 spiro atoms. The van der Waals surface area contributed by atoms with Gasteiger partial charge in [0.1, 0.15) is 0 Å². The van der Waals surface area contributed by atoms with E-state index < -0.39 is 6.10 Å². The van der Waals surface area contributed by atoms with Crippen LogP contribution in [0.25, 0.3) is 0 Å². The van der Waals surface area contributed by atoms with Gasteiger partial charge in [0.2, 0.25) is 5.91 Å². The van der Waals surface area contributed by atoms with Crippen LogP contribution >= 0.6 is 0 Å². The Morgan fingerprint density at radius 1 is 1.50 bits per heavy atom. The first-order valence-corrected chi connectivity index (χ1v) is 2.99. The molecule has 0 fully saturated rings. The quantitative estimate of drug-likeness (QED) is 0.598. The number of carbonyl (C=O) groups is 1. The molecule has 0 heterocycles. The molecule has 0 aliphatic carbocycles. The van der Waals surface area contributed by atoms with Crippen LogP contribution in [0.15, 0.2) is 0 Å². The Bertz CT molecular complexity index is 102. The fourth-order valence-electron chi connectivity index (χ4n) is 0.441. The van der Waals surface area contributed by atoms with Crippen LogP contribution in [-0.2, 0) is 4.79 Å². The molecule has 3 heteroatoms. The lowest BCUT2D eigenvalue weighted by atomic mass is 10.2. The minimum absolute atomic E-state index is 0. The van der Waals surface area contributed by atoms with Gasteiger partial charge in [-0.15, -0.1) is 0 Å². The van der Waals surface area contributed by atoms with Crippen LogP contribution in [0.4, 0.5) is 0 Å². The van der Waals surface area contributed by atoms with Crippen molar-refractivity contribution in [2.75, 3.05) is 0 Å². The van der Waals surface area contributed by atoms with Crippen molar-refractivity contribution in [2.24, 2.45) is 0 Å². The van der Waals surface area contributed by atoms with Crippen molar-refractivity contribution < 1.29 is 9.90 Å². The van der Waals surface area contributed by atoms with Gasteiger partial charge < -0.3 is 10.4 Å². The van der Waals surface area contributed by atoms with Crippen molar-refractivity contribution in [1.82, 2.24) is 5.32 Å². The molecule has 62 valence electrons. The largest absolute Gasteiger partial charge is 0.391 e. The Labute approximate surface area is 62.4 Å². The molecule has 0 aliphatic heterocycles. The minimum Gasteiger partial charge on any atom is -0.391 e. The summed E-state index contributed by atoms with van der Waals surface area (Å²) in [5.41, 5.74) is 0. The fourth-order valence-corrected chi connectivity index (χ4v) is 0.441. The van der Waals surface area contributed by atoms with Gasteiger partial charge in [0.05, 0.1) is 12.1 Å². The molecular formula is C7H17NO2. The summed E-state index contributed by atoms with van der Waals surface area (Å²) in [4.78, 5) is 10.3. The Morgan fingerprint density at radius 3 is 2.00 bits per heavy atom. The summed E-state index contributed by atoms with van der Waals surface area (Å²) < 4.78 is 0. The third-order valence-corrected chi connectivity index (χ3v) is 1.15. The number of aliphatic hydroxyl groups excluding tert-OH is 1. The second-order valence-corrected chi connectivity index (χ2v) is 2.23. The first-order valence-electron chi connectivity index (χ1n) is 2.99. The lowest BCUT2D eigenvalue weighted by Gasteiger charge is -2.14. The highest BCUT2D eigenvalue weighted by atomic mass is 16.3. The standard InChI is InChI=1S/C6H13NO2.CH4/c1-4(5(2)8)7-6(3)9;/h4-5,8H,1-3H3,(H,7,9);1H4. The minimum atomic E-state index is -0.478. The molecule has 2 N–H and O–H groups in total. The lowest BCUT2D eigenvalue weighted by Crippen LogP contribution is -2.38. The van der Waals surface area contributed by atoms with E-state index in [2.05, 4.69) is 5.32 Å². The zero-order valence-corrected chi connectivity index (χ0v) is 6.01. The molecule has 2 unspecified atom stereocenters. The predicted molar refractivity (Wildman–Crippen MR) is 41.7 cm³/mol. The summed E-state index contributed by atoms with van der Waals surface area (Å²) in [5.74, 6) is -0.108. The van der Waals surface area contributed by atoms with Gasteiger partial charge in [-0.25, -0.2) is 0 Å². The summed E-state index contributed by atoms with van der Waals surface area (Å²) >= 11 is 0. The average Bonchev–Trinajstić information content (AvgIpc) is 1.63. The van der Waals surface area contributed by atoms with Crippen LogP contribution in [0.3, 0.4) is 0 Å². The summed E-state index contributed by atoms with van der Waals surface area (Å²) in [5, 5.41) is 11.4. The smallest absolute Gasteiger partial charge is 0.217 e. The van der Waals surface area contributed by atoms with Crippen LogP contribution < -0.4 is 5.32 Å². The molecule has 0 aliphatic rings. The molecular weight excluding hydrogens is 130 g/mol. The van der Waals surface area contributed by atoms with Gasteiger partial charge in [-0.1, -0.05) is 7.43 Å². The van der Waals surface area contributed by atoms with Gasteiger partial charge >= 0.3 is 0 Å². The van der Waals surface area contributed by atoms with Gasteiger partial charge in [0, 0.05) is 6.92 Å². The van der Waals surface area contributed by atoms with Crippen LogP contribution in [0.5, 0.6) is 0 Å². The van der Waals surface area contributed by atoms with Crippen molar-refractivity contribution in [3.63, 3.8) is 0 Å². The van der Waals surface area contributed by atoms with E-state index in [4.69, 9.17) is 5.11 Å². The molecule has 0 rings (SSSR count). The normalized spacial score (nSPS) is 14.8. The zero-order valence-electron chi connectivity index (χ0n) is 6.01. The number of nitrogens with one attached hydrogen (secondary N) is 1. The Morgan fingerprint density at radius 2 is 1.90 bits per heavy atom. The summed E-state index contributed by atoms with van der Waals surface area (Å²) in [6.45, 7) is 4.82. The number of carbonyl (C=O) groups excluding carboxylic acids is 1. The number of hydrogen-bond donors (Lipinski definition) is 2. The maximum atomic E-state index is 10.3. The van der Waals surface area contributed by atoms with Gasteiger partial charge in [-0.3, -0.25) is 4.79 Å². The highest BCUT2D eigenvalue weighted by Gasteiger charge is 2.07. The highest BCUT2D eigenvalue weighted by molar-refractivity contribution is 5.73. The van der Waals surface area contributed by atoms with E-state index in [1.54, 1.807) is 13.8 Å². The van der Waals surface area contributed by atoms with Crippen molar-refractivity contribution >= 4 is 5.91 Å². The number of rotatable bonds is 2. The van der Waals surface area contributed by atoms with Crippen LogP contribution in [0.2, 0.25) is 0 Å². The number of aliphatic hydroxyl groups is 1. The maximum Gasteiger partial charge on any atom is 0.217 e. The van der Waals surface area contributed by atoms with Crippen LogP contribution in [-0.4, -0.2) is 23.2 Å². The monoisotopic (exact) mass is 147 g/mol. The molecule has 3 nitrogen and oxygen atoms in total. The van der Waals surface area contributed by atoms with E-state index in [9.17, 15) is 4.79 Å². The van der Waals surface area contributed by atoms with E-state index in [0.717, 1.165) is 0 Å². The Kier molecular flexibility index (Phi) is 6.35. The van der Waals surface area contributed by atoms with Crippen LogP contribution in [0, 0.1) is 0 Å². The Balaban J connectivity index is 0. The lowest BCUT2D eigenvalue weighted by molar-refractivity contribution is -0.120. The molecule has 0 saturated carbocycles. The molecule has 10 heavy (non-hydrogen) atoms. The zero-order chi connectivity index (χ0) is 7.44. The van der Waals surface area contributed by atoms with E-state index in [1.807, 2.05) is 0 Å². The molecule has 2 atom stereocenters. The first kappa shape index (κ1) is 12.1. The summed E-state index contributed by atoms with van der Waals surface area (Å²) in [6.07, 6.45) is -0.478. The topological polar surface area (TPSA) is 49.3 Å². The molecule has 0 aromatic heterocycles. The molecule has 1 amide bonds. The van der Waals surface area contributed by atoms with Crippen molar-refractivity contribution in [3.05, 3.63) is 0 Å². The van der Waals surface area contributed by atoms with E-state index in [1.165, 1.54) is 6.92 Å². The SMILES string of the molecule is C.CC(=O)NC(C)C(C)O. The van der Waals surface area contributed by atoms with Gasteiger partial charge in [-0.05, 0) is 13.8 Å². The molecule has 0 aromatic rings. The predicted octanol–water partition coefficient (Wildman–Crippen LogP) is 0.528. The maximum absolute atomic E-state index is 10.3. The molecule has 0 saturated heterocycles. The molecule has 0 bridgehead atoms. The number of amides is 1. The van der Waals surface area contributed by atoms with E-state index in [0.29, 0.717) is 0 Å². The summed E-state index contributed by atoms with van der Waals surface area (Å²) in [7, 11) is 0. The third-order valence-electron chi connectivity index (χ3n) is 1.15. The van der Waals surface area contributed by atoms with Gasteiger partial charge in [0.15, 0.2) is 0 Å². The number of hydrogen-bond acceptors (Lipinski definition) is 2. The fraction of sp³-hybridized carbons (Fsp3) is 0.857.